The van der Waals surface area contributed by atoms with Crippen molar-refractivity contribution in [1.29, 1.82) is 0 Å². The Labute approximate surface area is 122 Å². The minimum Gasteiger partial charge on any atom is -0.494 e. The van der Waals surface area contributed by atoms with Gasteiger partial charge in [-0.1, -0.05) is 23.7 Å². The maximum Gasteiger partial charge on any atom is 0.168 e. The molecule has 0 aliphatic rings. The minimum atomic E-state index is -0.492. The van der Waals surface area contributed by atoms with Crippen molar-refractivity contribution in [2.75, 3.05) is 7.11 Å². The second kappa shape index (κ2) is 6.06. The number of carbonyl (C=O) groups is 1. The van der Waals surface area contributed by atoms with E-state index in [1.807, 2.05) is 6.92 Å². The fourth-order valence-electron chi connectivity index (χ4n) is 1.94. The molecule has 104 valence electrons. The third-order valence-electron chi connectivity index (χ3n) is 3.09. The maximum atomic E-state index is 14.0. The van der Waals surface area contributed by atoms with Gasteiger partial charge in [0.15, 0.2) is 17.3 Å². The lowest BCUT2D eigenvalue weighted by Crippen LogP contribution is -2.06. The van der Waals surface area contributed by atoms with Crippen molar-refractivity contribution in [3.05, 3.63) is 63.9 Å². The first-order valence-electron chi connectivity index (χ1n) is 6.13. The quantitative estimate of drug-likeness (QED) is 0.789. The van der Waals surface area contributed by atoms with E-state index in [0.29, 0.717) is 16.1 Å². The van der Waals surface area contributed by atoms with Crippen LogP contribution in [0.15, 0.2) is 36.4 Å². The molecule has 0 atom stereocenters. The third-order valence-corrected chi connectivity index (χ3v) is 3.52. The van der Waals surface area contributed by atoms with Crippen LogP contribution in [0.5, 0.6) is 5.75 Å². The summed E-state index contributed by atoms with van der Waals surface area (Å²) >= 11 is 5.92. The molecule has 0 bridgehead atoms. The van der Waals surface area contributed by atoms with Crippen molar-refractivity contribution in [2.24, 2.45) is 0 Å². The number of halogens is 2. The van der Waals surface area contributed by atoms with Gasteiger partial charge >= 0.3 is 0 Å². The number of ether oxygens (including phenoxy) is 1. The van der Waals surface area contributed by atoms with Gasteiger partial charge in [-0.2, -0.15) is 0 Å². The fourth-order valence-corrected chi connectivity index (χ4v) is 2.06. The van der Waals surface area contributed by atoms with Crippen LogP contribution < -0.4 is 4.74 Å². The van der Waals surface area contributed by atoms with Crippen molar-refractivity contribution in [2.45, 2.75) is 13.3 Å². The maximum absolute atomic E-state index is 14.0. The average Bonchev–Trinajstić information content (AvgIpc) is 2.44. The van der Waals surface area contributed by atoms with Crippen LogP contribution in [0.25, 0.3) is 0 Å². The number of rotatable bonds is 4. The van der Waals surface area contributed by atoms with Crippen molar-refractivity contribution in [3.8, 4) is 5.75 Å². The molecule has 2 rings (SSSR count). The second-order valence-electron chi connectivity index (χ2n) is 4.50. The Bertz CT molecular complexity index is 653. The van der Waals surface area contributed by atoms with Gasteiger partial charge in [0.25, 0.3) is 0 Å². The van der Waals surface area contributed by atoms with Gasteiger partial charge in [0, 0.05) is 17.0 Å². The molecule has 0 unspecified atom stereocenters. The highest BCUT2D eigenvalue weighted by molar-refractivity contribution is 6.31. The number of methoxy groups -OCH3 is 1. The molecule has 4 heteroatoms. The molecule has 2 aromatic rings. The number of Topliss-reactive ketones (excluding diaryl/α,β-unsaturated/α-hetero) is 1. The average molecular weight is 293 g/mol. The smallest absolute Gasteiger partial charge is 0.168 e. The lowest BCUT2D eigenvalue weighted by molar-refractivity contribution is 0.0991. The van der Waals surface area contributed by atoms with Crippen LogP contribution in [-0.4, -0.2) is 12.9 Å². The summed E-state index contributed by atoms with van der Waals surface area (Å²) in [6.45, 7) is 1.82. The van der Waals surface area contributed by atoms with Crippen LogP contribution in [0.4, 0.5) is 4.39 Å². The molecule has 20 heavy (non-hydrogen) atoms. The van der Waals surface area contributed by atoms with Gasteiger partial charge < -0.3 is 4.74 Å². The largest absolute Gasteiger partial charge is 0.494 e. The van der Waals surface area contributed by atoms with Gasteiger partial charge in [0.2, 0.25) is 0 Å². The van der Waals surface area contributed by atoms with E-state index >= 15 is 0 Å². The molecule has 0 aliphatic heterocycles. The van der Waals surface area contributed by atoms with E-state index in [-0.39, 0.29) is 18.0 Å². The molecule has 2 aromatic carbocycles. The fraction of sp³-hybridized carbons (Fsp3) is 0.188. The Hall–Kier alpha value is -1.87. The zero-order chi connectivity index (χ0) is 14.7. The Morgan fingerprint density at radius 3 is 2.70 bits per heavy atom. The Morgan fingerprint density at radius 1 is 1.30 bits per heavy atom. The molecule has 0 saturated heterocycles. The zero-order valence-corrected chi connectivity index (χ0v) is 12.0. The molecule has 0 saturated carbocycles. The second-order valence-corrected chi connectivity index (χ2v) is 4.90. The SMILES string of the molecule is COc1cccc(CC(=O)c2ccc(Cl)c(C)c2)c1F. The number of benzene rings is 2. The minimum absolute atomic E-state index is 0.00982. The normalized spacial score (nSPS) is 10.4. The number of carbonyl (C=O) groups excluding carboxylic acids is 1. The van der Waals surface area contributed by atoms with Crippen LogP contribution in [0.2, 0.25) is 5.02 Å². The molecule has 2 nitrogen and oxygen atoms in total. The Morgan fingerprint density at radius 2 is 2.05 bits per heavy atom. The molecule has 0 aromatic heterocycles. The van der Waals surface area contributed by atoms with Crippen LogP contribution in [0.1, 0.15) is 21.5 Å². The Kier molecular flexibility index (Phi) is 4.40. The van der Waals surface area contributed by atoms with Gasteiger partial charge in [-0.3, -0.25) is 4.79 Å². The zero-order valence-electron chi connectivity index (χ0n) is 11.2. The van der Waals surface area contributed by atoms with Crippen LogP contribution in [0.3, 0.4) is 0 Å². The van der Waals surface area contributed by atoms with Crippen LogP contribution >= 0.6 is 11.6 Å². The van der Waals surface area contributed by atoms with Crippen molar-refractivity contribution < 1.29 is 13.9 Å². The lowest BCUT2D eigenvalue weighted by Gasteiger charge is -2.07. The molecular weight excluding hydrogens is 279 g/mol. The molecule has 0 aliphatic carbocycles. The van der Waals surface area contributed by atoms with Gasteiger partial charge in [0.1, 0.15) is 0 Å². The van der Waals surface area contributed by atoms with Crippen LogP contribution in [0, 0.1) is 12.7 Å². The monoisotopic (exact) mass is 292 g/mol. The summed E-state index contributed by atoms with van der Waals surface area (Å²) < 4.78 is 18.9. The van der Waals surface area contributed by atoms with Gasteiger partial charge in [-0.05, 0) is 42.3 Å². The van der Waals surface area contributed by atoms with E-state index in [4.69, 9.17) is 16.3 Å². The molecule has 0 fully saturated rings. The summed E-state index contributed by atoms with van der Waals surface area (Å²) in [6.07, 6.45) is -0.00982. The predicted octanol–water partition coefficient (Wildman–Crippen LogP) is 4.22. The number of ketones is 1. The first kappa shape index (κ1) is 14.5. The van der Waals surface area contributed by atoms with E-state index < -0.39 is 5.82 Å². The van der Waals surface area contributed by atoms with Gasteiger partial charge in [0.05, 0.1) is 7.11 Å². The summed E-state index contributed by atoms with van der Waals surface area (Å²) in [5.74, 6) is -0.506. The lowest BCUT2D eigenvalue weighted by atomic mass is 10.0. The van der Waals surface area contributed by atoms with E-state index in [9.17, 15) is 9.18 Å². The molecule has 0 N–H and O–H groups in total. The summed E-state index contributed by atoms with van der Waals surface area (Å²) in [5, 5.41) is 0.606. The molecule has 0 heterocycles. The van der Waals surface area contributed by atoms with E-state index in [0.717, 1.165) is 5.56 Å². The highest BCUT2D eigenvalue weighted by Gasteiger charge is 2.14. The molecule has 0 spiro atoms. The summed E-state index contributed by atoms with van der Waals surface area (Å²) in [7, 11) is 1.40. The summed E-state index contributed by atoms with van der Waals surface area (Å²) in [6, 6.07) is 9.80. The highest BCUT2D eigenvalue weighted by Crippen LogP contribution is 2.22. The molecule has 0 amide bonds. The first-order chi connectivity index (χ1) is 9.52. The molecular formula is C16H14ClFO2. The van der Waals surface area contributed by atoms with E-state index in [1.165, 1.54) is 13.2 Å². The van der Waals surface area contributed by atoms with Crippen molar-refractivity contribution in [3.63, 3.8) is 0 Å². The van der Waals surface area contributed by atoms with E-state index in [2.05, 4.69) is 0 Å². The topological polar surface area (TPSA) is 26.3 Å². The number of hydrogen-bond donors (Lipinski definition) is 0. The van der Waals surface area contributed by atoms with Crippen LogP contribution in [-0.2, 0) is 6.42 Å². The first-order valence-corrected chi connectivity index (χ1v) is 6.51. The summed E-state index contributed by atoms with van der Waals surface area (Å²) in [5.41, 5.74) is 1.67. The van der Waals surface area contributed by atoms with Gasteiger partial charge in [-0.25, -0.2) is 4.39 Å². The van der Waals surface area contributed by atoms with Gasteiger partial charge in [-0.15, -0.1) is 0 Å². The number of hydrogen-bond acceptors (Lipinski definition) is 2. The van der Waals surface area contributed by atoms with Crippen molar-refractivity contribution >= 4 is 17.4 Å². The van der Waals surface area contributed by atoms with E-state index in [1.54, 1.807) is 30.3 Å². The standard InChI is InChI=1S/C16H14ClFO2/c1-10-8-11(6-7-13(10)17)14(19)9-12-4-3-5-15(20-2)16(12)18/h3-8H,9H2,1-2H3. The highest BCUT2D eigenvalue weighted by atomic mass is 35.5. The molecule has 0 radical (unpaired) electrons. The Balaban J connectivity index is 2.25. The third kappa shape index (κ3) is 2.99. The predicted molar refractivity (Wildman–Crippen MR) is 77.2 cm³/mol. The number of aryl methyl sites for hydroxylation is 1. The summed E-state index contributed by atoms with van der Waals surface area (Å²) in [4.78, 5) is 12.2. The van der Waals surface area contributed by atoms with Crippen molar-refractivity contribution in [1.82, 2.24) is 0 Å².